The molecule has 0 amide bonds. The van der Waals surface area contributed by atoms with Gasteiger partial charge < -0.3 is 10.2 Å². The number of fused-ring (bicyclic) bond motifs is 2. The van der Waals surface area contributed by atoms with Crippen LogP contribution in [0.25, 0.3) is 11.0 Å². The zero-order valence-electron chi connectivity index (χ0n) is 19.0. The molecule has 2 unspecified atom stereocenters. The molecule has 7 atom stereocenters. The predicted octanol–water partition coefficient (Wildman–Crippen LogP) is 2.99. The summed E-state index contributed by atoms with van der Waals surface area (Å²) in [5.41, 5.74) is -0.418. The summed E-state index contributed by atoms with van der Waals surface area (Å²) < 4.78 is 1.75. The fourth-order valence-corrected chi connectivity index (χ4v) is 9.37. The number of aromatic carboxylic acids is 1. The van der Waals surface area contributed by atoms with E-state index in [1.165, 1.54) is 19.3 Å². The van der Waals surface area contributed by atoms with Crippen LogP contribution in [0.3, 0.4) is 0 Å². The first-order chi connectivity index (χ1) is 15.7. The zero-order valence-corrected chi connectivity index (χ0v) is 19.0. The molecule has 1 aromatic carbocycles. The summed E-state index contributed by atoms with van der Waals surface area (Å²) >= 11 is 0. The summed E-state index contributed by atoms with van der Waals surface area (Å²) in [6, 6.07) is 7.78. The van der Waals surface area contributed by atoms with Crippen molar-refractivity contribution in [3.8, 4) is 0 Å². The van der Waals surface area contributed by atoms with E-state index in [4.69, 9.17) is 0 Å². The molecule has 1 aromatic heterocycles. The van der Waals surface area contributed by atoms with Crippen molar-refractivity contribution >= 4 is 17.0 Å². The summed E-state index contributed by atoms with van der Waals surface area (Å²) in [5.74, 6) is 0.317. The Labute approximate surface area is 192 Å². The van der Waals surface area contributed by atoms with Crippen molar-refractivity contribution in [1.82, 2.24) is 14.5 Å². The Morgan fingerprint density at radius 3 is 2.55 bits per heavy atom. The van der Waals surface area contributed by atoms with Gasteiger partial charge in [0.25, 0.3) is 5.56 Å². The summed E-state index contributed by atoms with van der Waals surface area (Å²) in [6.45, 7) is 3.13. The molecule has 1 aliphatic heterocycles. The third-order valence-corrected chi connectivity index (χ3v) is 10.0. The number of aliphatic hydroxyl groups is 1. The number of nitrogens with zero attached hydrogens (tertiary/aromatic N) is 3. The number of hydrogen-bond acceptors (Lipinski definition) is 5. The SMILES string of the molecule is C[C@]1(n2c(=O)c(C(=O)O)nc3ccccc32)C[C@@H]2C1CCN2C12C[C@H]3C[C@@H](C1)C[C@](O)(C3)C2. The van der Waals surface area contributed by atoms with E-state index in [9.17, 15) is 19.8 Å². The van der Waals surface area contributed by atoms with Crippen LogP contribution in [0, 0.1) is 17.8 Å². The Bertz CT molecular complexity index is 1240. The van der Waals surface area contributed by atoms with E-state index in [1.807, 2.05) is 18.2 Å². The standard InChI is InChI=1S/C26H31N3O4/c1-24(29-19-5-3-2-4-18(19)27-21(22(29)30)23(31)32)13-20-17(24)6-7-28(20)25-9-15-8-16(10-25)12-26(33,11-15)14-25/h2-5,15-17,20,33H,6-14H2,1H3,(H,31,32)/t15-,16+,17?,20-,24+,25?,26-/m1/s1. The molecular weight excluding hydrogens is 418 g/mol. The second kappa shape index (κ2) is 6.25. The molecule has 0 radical (unpaired) electrons. The molecule has 1 saturated heterocycles. The second-order valence-corrected chi connectivity index (χ2v) is 12.0. The Hall–Kier alpha value is -2.25. The molecule has 2 aromatic rings. The van der Waals surface area contributed by atoms with E-state index < -0.39 is 28.4 Å². The fourth-order valence-electron chi connectivity index (χ4n) is 9.37. The highest BCUT2D eigenvalue weighted by molar-refractivity contribution is 5.88. The molecule has 7 nitrogen and oxygen atoms in total. The van der Waals surface area contributed by atoms with Crippen LogP contribution in [0.15, 0.2) is 29.1 Å². The third kappa shape index (κ3) is 2.55. The number of carboxylic acid groups (broad SMARTS) is 1. The molecule has 4 bridgehead atoms. The number of aromatic nitrogens is 2. The highest BCUT2D eigenvalue weighted by Gasteiger charge is 2.66. The predicted molar refractivity (Wildman–Crippen MR) is 122 cm³/mol. The molecule has 0 spiro atoms. The number of carboxylic acids is 1. The quantitative estimate of drug-likeness (QED) is 0.748. The lowest BCUT2D eigenvalue weighted by Gasteiger charge is -2.65. The van der Waals surface area contributed by atoms with Crippen LogP contribution < -0.4 is 5.56 Å². The van der Waals surface area contributed by atoms with Crippen molar-refractivity contribution in [2.75, 3.05) is 6.54 Å². The van der Waals surface area contributed by atoms with E-state index in [0.29, 0.717) is 29.3 Å². The van der Waals surface area contributed by atoms with Crippen LogP contribution in [-0.2, 0) is 5.54 Å². The zero-order chi connectivity index (χ0) is 22.8. The van der Waals surface area contributed by atoms with Gasteiger partial charge in [0.15, 0.2) is 0 Å². The van der Waals surface area contributed by atoms with Gasteiger partial charge in [0.05, 0.1) is 22.2 Å². The van der Waals surface area contributed by atoms with E-state index >= 15 is 0 Å². The molecule has 5 aliphatic carbocycles. The normalized spacial score (nSPS) is 43.6. The van der Waals surface area contributed by atoms with Crippen molar-refractivity contribution in [1.29, 1.82) is 0 Å². The van der Waals surface area contributed by atoms with Crippen LogP contribution in [0.2, 0.25) is 0 Å². The van der Waals surface area contributed by atoms with E-state index in [1.54, 1.807) is 10.6 Å². The van der Waals surface area contributed by atoms with Crippen molar-refractivity contribution in [3.63, 3.8) is 0 Å². The average molecular weight is 450 g/mol. The monoisotopic (exact) mass is 449 g/mol. The highest BCUT2D eigenvalue weighted by Crippen LogP contribution is 2.63. The van der Waals surface area contributed by atoms with Gasteiger partial charge in [-0.3, -0.25) is 14.3 Å². The smallest absolute Gasteiger partial charge is 0.360 e. The van der Waals surface area contributed by atoms with Gasteiger partial charge in [-0.1, -0.05) is 12.1 Å². The number of hydrogen-bond donors (Lipinski definition) is 2. The number of carbonyl (C=O) groups is 1. The molecule has 7 heteroatoms. The number of benzene rings is 1. The molecular formula is C26H31N3O4. The van der Waals surface area contributed by atoms with Crippen molar-refractivity contribution in [2.24, 2.45) is 17.8 Å². The molecule has 33 heavy (non-hydrogen) atoms. The maximum atomic E-state index is 13.4. The summed E-state index contributed by atoms with van der Waals surface area (Å²) in [5, 5.41) is 20.9. The van der Waals surface area contributed by atoms with Gasteiger partial charge in [-0.15, -0.1) is 0 Å². The first kappa shape index (κ1) is 20.2. The first-order valence-electron chi connectivity index (χ1n) is 12.5. The minimum Gasteiger partial charge on any atom is -0.476 e. The van der Waals surface area contributed by atoms with Crippen LogP contribution in [0.1, 0.15) is 68.8 Å². The minimum absolute atomic E-state index is 0.108. The largest absolute Gasteiger partial charge is 0.476 e. The van der Waals surface area contributed by atoms with Gasteiger partial charge in [-0.05, 0) is 94.7 Å². The number of likely N-dealkylation sites (tertiary alicyclic amines) is 1. The first-order valence-corrected chi connectivity index (χ1v) is 12.5. The lowest BCUT2D eigenvalue weighted by molar-refractivity contribution is -0.188. The van der Waals surface area contributed by atoms with E-state index in [0.717, 1.165) is 44.2 Å². The maximum Gasteiger partial charge on any atom is 0.360 e. The Kier molecular flexibility index (Phi) is 3.81. The maximum absolute atomic E-state index is 13.4. The minimum atomic E-state index is -1.27. The number of para-hydroxylation sites is 2. The van der Waals surface area contributed by atoms with E-state index in [2.05, 4.69) is 16.8 Å². The molecule has 5 saturated carbocycles. The van der Waals surface area contributed by atoms with Crippen LogP contribution in [0.5, 0.6) is 0 Å². The Morgan fingerprint density at radius 1 is 1.12 bits per heavy atom. The third-order valence-electron chi connectivity index (χ3n) is 10.0. The van der Waals surface area contributed by atoms with E-state index in [-0.39, 0.29) is 5.54 Å². The van der Waals surface area contributed by atoms with Gasteiger partial charge in [0.2, 0.25) is 5.69 Å². The Morgan fingerprint density at radius 2 is 1.85 bits per heavy atom. The summed E-state index contributed by atoms with van der Waals surface area (Å²) in [6.07, 6.45) is 8.36. The fraction of sp³-hybridized carbons (Fsp3) is 0.654. The van der Waals surface area contributed by atoms with Crippen molar-refractivity contribution in [3.05, 3.63) is 40.3 Å². The molecule has 2 heterocycles. The average Bonchev–Trinajstić information content (AvgIpc) is 3.10. The summed E-state index contributed by atoms with van der Waals surface area (Å²) in [4.78, 5) is 32.1. The van der Waals surface area contributed by atoms with Gasteiger partial charge in [-0.2, -0.15) is 0 Å². The van der Waals surface area contributed by atoms with Crippen molar-refractivity contribution < 1.29 is 15.0 Å². The number of rotatable bonds is 3. The van der Waals surface area contributed by atoms with Gasteiger partial charge in [-0.25, -0.2) is 9.78 Å². The highest BCUT2D eigenvalue weighted by atomic mass is 16.4. The van der Waals surface area contributed by atoms with Gasteiger partial charge in [0, 0.05) is 11.6 Å². The lowest BCUT2D eigenvalue weighted by Crippen LogP contribution is -2.70. The van der Waals surface area contributed by atoms with Gasteiger partial charge in [0.1, 0.15) is 0 Å². The molecule has 174 valence electrons. The Balaban J connectivity index is 1.28. The molecule has 6 aliphatic rings. The lowest BCUT2D eigenvalue weighted by atomic mass is 9.50. The summed E-state index contributed by atoms with van der Waals surface area (Å²) in [7, 11) is 0. The van der Waals surface area contributed by atoms with Crippen LogP contribution in [-0.4, -0.2) is 54.4 Å². The second-order valence-electron chi connectivity index (χ2n) is 12.0. The van der Waals surface area contributed by atoms with Crippen LogP contribution >= 0.6 is 0 Å². The topological polar surface area (TPSA) is 95.7 Å². The van der Waals surface area contributed by atoms with Crippen molar-refractivity contribution in [2.45, 2.75) is 81.0 Å². The molecule has 2 N–H and O–H groups in total. The molecule has 6 fully saturated rings. The van der Waals surface area contributed by atoms with Crippen LogP contribution in [0.4, 0.5) is 0 Å². The van der Waals surface area contributed by atoms with Gasteiger partial charge >= 0.3 is 5.97 Å². The molecule has 8 rings (SSSR count).